The zero-order chi connectivity index (χ0) is 28.1. The first kappa shape index (κ1) is 28.3. The first-order chi connectivity index (χ1) is 18.5. The number of rotatable bonds is 10. The topological polar surface area (TPSA) is 110 Å². The minimum atomic E-state index is -3.72. The van der Waals surface area contributed by atoms with Crippen molar-refractivity contribution in [3.8, 4) is 22.9 Å². The summed E-state index contributed by atoms with van der Waals surface area (Å²) < 4.78 is 40.6. The highest BCUT2D eigenvalue weighted by atomic mass is 32.2. The Morgan fingerprint density at radius 3 is 2.46 bits per heavy atom. The molecule has 1 unspecified atom stereocenters. The van der Waals surface area contributed by atoms with Gasteiger partial charge in [0.25, 0.3) is 0 Å². The van der Waals surface area contributed by atoms with Gasteiger partial charge in [-0.15, -0.1) is 0 Å². The molecule has 0 aliphatic carbocycles. The molecule has 0 saturated heterocycles. The lowest BCUT2D eigenvalue weighted by atomic mass is 9.95. The van der Waals surface area contributed by atoms with Gasteiger partial charge in [-0.25, -0.2) is 13.1 Å². The molecule has 0 aromatic heterocycles. The third-order valence-corrected chi connectivity index (χ3v) is 7.83. The summed E-state index contributed by atoms with van der Waals surface area (Å²) in [7, 11) is -3.72. The van der Waals surface area contributed by atoms with Gasteiger partial charge in [-0.3, -0.25) is 0 Å². The van der Waals surface area contributed by atoms with Crippen molar-refractivity contribution in [2.45, 2.75) is 50.2 Å². The van der Waals surface area contributed by atoms with Crippen molar-refractivity contribution in [1.29, 1.82) is 5.26 Å². The van der Waals surface area contributed by atoms with Crippen LogP contribution in [-0.2, 0) is 19.6 Å². The van der Waals surface area contributed by atoms with Gasteiger partial charge in [-0.1, -0.05) is 47.6 Å². The van der Waals surface area contributed by atoms with E-state index in [1.54, 1.807) is 42.5 Å². The summed E-state index contributed by atoms with van der Waals surface area (Å²) in [6, 6.07) is 23.6. The second kappa shape index (κ2) is 11.6. The Bertz CT molecular complexity index is 1490. The fourth-order valence-corrected chi connectivity index (χ4v) is 5.92. The average molecular weight is 548 g/mol. The Morgan fingerprint density at radius 1 is 1.03 bits per heavy atom. The van der Waals surface area contributed by atoms with Gasteiger partial charge in [0.15, 0.2) is 5.60 Å². The molecule has 1 atom stereocenters. The van der Waals surface area contributed by atoms with Gasteiger partial charge in [0.05, 0.1) is 28.8 Å². The molecule has 4 rings (SSSR count). The zero-order valence-corrected chi connectivity index (χ0v) is 23.4. The van der Waals surface area contributed by atoms with Crippen molar-refractivity contribution < 1.29 is 22.7 Å². The number of sulfonamides is 1. The number of hydrogen-bond donors (Lipinski definition) is 1. The van der Waals surface area contributed by atoms with E-state index >= 15 is 0 Å². The molecule has 204 valence electrons. The fraction of sp³-hybridized carbons (Fsp3) is 0.333. The van der Waals surface area contributed by atoms with Crippen LogP contribution in [0.2, 0.25) is 0 Å². The fourth-order valence-electron chi connectivity index (χ4n) is 4.27. The van der Waals surface area contributed by atoms with Gasteiger partial charge in [-0.05, 0) is 63.6 Å². The third kappa shape index (κ3) is 7.03. The quantitative estimate of drug-likeness (QED) is 0.370. The minimum absolute atomic E-state index is 0.192. The van der Waals surface area contributed by atoms with Crippen LogP contribution in [0.5, 0.6) is 5.75 Å². The van der Waals surface area contributed by atoms with Crippen LogP contribution < -0.4 is 9.46 Å². The van der Waals surface area contributed by atoms with Gasteiger partial charge in [0.1, 0.15) is 12.4 Å². The largest absolute Gasteiger partial charge is 0.489 e. The van der Waals surface area contributed by atoms with Crippen molar-refractivity contribution in [3.63, 3.8) is 0 Å². The number of hydrogen-bond acceptors (Lipinski definition) is 7. The van der Waals surface area contributed by atoms with E-state index in [-0.39, 0.29) is 11.5 Å². The van der Waals surface area contributed by atoms with E-state index in [4.69, 9.17) is 14.3 Å². The second-order valence-electron chi connectivity index (χ2n) is 10.5. The van der Waals surface area contributed by atoms with Crippen LogP contribution in [0.3, 0.4) is 0 Å². The predicted molar refractivity (Wildman–Crippen MR) is 150 cm³/mol. The number of ether oxygens (including phenoxy) is 2. The van der Waals surface area contributed by atoms with E-state index in [1.165, 1.54) is 0 Å². The highest BCUT2D eigenvalue weighted by molar-refractivity contribution is 7.89. The summed E-state index contributed by atoms with van der Waals surface area (Å²) in [5, 5.41) is 13.5. The lowest BCUT2D eigenvalue weighted by Crippen LogP contribution is -2.41. The van der Waals surface area contributed by atoms with E-state index in [1.807, 2.05) is 58.0 Å². The summed E-state index contributed by atoms with van der Waals surface area (Å²) in [5.74, 6) is 0.603. The number of nitrogens with one attached hydrogen (secondary N) is 1. The van der Waals surface area contributed by atoms with Crippen LogP contribution in [0.15, 0.2) is 82.8 Å². The van der Waals surface area contributed by atoms with Crippen LogP contribution >= 0.6 is 0 Å². The van der Waals surface area contributed by atoms with Gasteiger partial charge in [0.2, 0.25) is 10.0 Å². The monoisotopic (exact) mass is 547 g/mol. The average Bonchev–Trinajstić information content (AvgIpc) is 3.34. The highest BCUT2D eigenvalue weighted by Crippen LogP contribution is 2.32. The van der Waals surface area contributed by atoms with E-state index in [2.05, 4.69) is 15.9 Å². The first-order valence-corrected chi connectivity index (χ1v) is 14.2. The smallest absolute Gasteiger partial charge is 0.241 e. The standard InChI is InChI=1S/C30H33N3O5S/c1-5-36-20-30(18-27(32-38-30)24-10-8-9-22(17-24)19-31)21-37-25-15-13-23(14-16-25)26-11-6-7-12-28(26)39(34,35)33-29(2,3)4/h6-17,33H,5,18,20-21H2,1-4H3. The molecule has 0 fully saturated rings. The molecular weight excluding hydrogens is 514 g/mol. The van der Waals surface area contributed by atoms with E-state index in [0.29, 0.717) is 36.5 Å². The highest BCUT2D eigenvalue weighted by Gasteiger charge is 2.41. The SMILES string of the molecule is CCOCC1(COc2ccc(-c3ccccc3S(=O)(=O)NC(C)(C)C)cc2)CC(c2cccc(C#N)c2)=NO1. The van der Waals surface area contributed by atoms with E-state index in [0.717, 1.165) is 16.8 Å². The number of benzene rings is 3. The number of oxime groups is 1. The molecule has 1 heterocycles. The molecular formula is C30H33N3O5S. The summed E-state index contributed by atoms with van der Waals surface area (Å²) in [4.78, 5) is 6.09. The van der Waals surface area contributed by atoms with Crippen molar-refractivity contribution in [3.05, 3.63) is 83.9 Å². The van der Waals surface area contributed by atoms with E-state index < -0.39 is 21.2 Å². The Labute approximate surface area is 230 Å². The molecule has 1 aliphatic heterocycles. The predicted octanol–water partition coefficient (Wildman–Crippen LogP) is 5.28. The van der Waals surface area contributed by atoms with Crippen LogP contribution in [-0.4, -0.2) is 45.1 Å². The normalized spacial score (nSPS) is 17.3. The molecule has 0 spiro atoms. The summed E-state index contributed by atoms with van der Waals surface area (Å²) in [6.45, 7) is 8.34. The molecule has 0 amide bonds. The van der Waals surface area contributed by atoms with Crippen molar-refractivity contribution in [2.24, 2.45) is 5.16 Å². The van der Waals surface area contributed by atoms with E-state index in [9.17, 15) is 13.7 Å². The molecule has 0 saturated carbocycles. The molecule has 39 heavy (non-hydrogen) atoms. The van der Waals surface area contributed by atoms with Crippen LogP contribution in [0, 0.1) is 11.3 Å². The number of nitrogens with zero attached hydrogens (tertiary/aromatic N) is 2. The molecule has 1 N–H and O–H groups in total. The molecule has 9 heteroatoms. The maximum Gasteiger partial charge on any atom is 0.241 e. The lowest BCUT2D eigenvalue weighted by molar-refractivity contribution is -0.0983. The summed E-state index contributed by atoms with van der Waals surface area (Å²) in [5.41, 5.74) is 2.04. The van der Waals surface area contributed by atoms with Crippen molar-refractivity contribution in [2.75, 3.05) is 19.8 Å². The van der Waals surface area contributed by atoms with Gasteiger partial charge in [-0.2, -0.15) is 5.26 Å². The Kier molecular flexibility index (Phi) is 8.40. The molecule has 0 radical (unpaired) electrons. The van der Waals surface area contributed by atoms with Gasteiger partial charge < -0.3 is 14.3 Å². The Morgan fingerprint density at radius 2 is 1.77 bits per heavy atom. The van der Waals surface area contributed by atoms with Crippen LogP contribution in [0.4, 0.5) is 0 Å². The van der Waals surface area contributed by atoms with Gasteiger partial charge in [0, 0.05) is 29.7 Å². The first-order valence-electron chi connectivity index (χ1n) is 12.7. The molecule has 0 bridgehead atoms. The summed E-state index contributed by atoms with van der Waals surface area (Å²) >= 11 is 0. The minimum Gasteiger partial charge on any atom is -0.489 e. The maximum absolute atomic E-state index is 13.1. The second-order valence-corrected chi connectivity index (χ2v) is 12.1. The van der Waals surface area contributed by atoms with Gasteiger partial charge >= 0.3 is 0 Å². The molecule has 3 aromatic rings. The van der Waals surface area contributed by atoms with Crippen molar-refractivity contribution >= 4 is 15.7 Å². The lowest BCUT2D eigenvalue weighted by Gasteiger charge is -2.26. The number of nitriles is 1. The van der Waals surface area contributed by atoms with Crippen LogP contribution in [0.1, 0.15) is 45.2 Å². The molecule has 8 nitrogen and oxygen atoms in total. The zero-order valence-electron chi connectivity index (χ0n) is 22.6. The van der Waals surface area contributed by atoms with Crippen molar-refractivity contribution in [1.82, 2.24) is 4.72 Å². The Hall–Kier alpha value is -3.71. The maximum atomic E-state index is 13.1. The molecule has 3 aromatic carbocycles. The molecule has 1 aliphatic rings. The third-order valence-electron chi connectivity index (χ3n) is 6.02. The Balaban J connectivity index is 1.50. The van der Waals surface area contributed by atoms with Crippen LogP contribution in [0.25, 0.3) is 11.1 Å². The summed E-state index contributed by atoms with van der Waals surface area (Å²) in [6.07, 6.45) is 0.464.